The first kappa shape index (κ1) is 11.4. The highest BCUT2D eigenvalue weighted by atomic mass is 32.1. The van der Waals surface area contributed by atoms with E-state index in [1.807, 2.05) is 5.51 Å². The fourth-order valence-corrected chi connectivity index (χ4v) is 2.72. The molecule has 0 amide bonds. The van der Waals surface area contributed by atoms with Gasteiger partial charge in [0.1, 0.15) is 11.3 Å². The summed E-state index contributed by atoms with van der Waals surface area (Å²) in [7, 11) is 1.71. The topological polar surface area (TPSA) is 48.1 Å². The second-order valence-electron chi connectivity index (χ2n) is 3.80. The summed E-state index contributed by atoms with van der Waals surface area (Å²) < 4.78 is 6.68. The molecule has 0 fully saturated rings. The van der Waals surface area contributed by atoms with Gasteiger partial charge in [0.2, 0.25) is 0 Å². The van der Waals surface area contributed by atoms with Crippen molar-refractivity contribution in [2.75, 3.05) is 13.7 Å². The van der Waals surface area contributed by atoms with Crippen molar-refractivity contribution in [3.8, 4) is 5.75 Å². The second kappa shape index (κ2) is 4.80. The standard InChI is InChI=1S/C12H16N2OS/c1-8-6-10-11(14-7-16-10)12(15-2)9(8)4-3-5-13/h6-7H,3-5,13H2,1-2H3. The number of methoxy groups -OCH3 is 1. The molecule has 2 rings (SSSR count). The minimum Gasteiger partial charge on any atom is -0.494 e. The van der Waals surface area contributed by atoms with Crippen LogP contribution in [-0.4, -0.2) is 18.6 Å². The first-order chi connectivity index (χ1) is 7.77. The Bertz CT molecular complexity index is 493. The summed E-state index contributed by atoms with van der Waals surface area (Å²) in [4.78, 5) is 4.36. The van der Waals surface area contributed by atoms with Crippen LogP contribution in [0.25, 0.3) is 10.2 Å². The van der Waals surface area contributed by atoms with Gasteiger partial charge in [0.05, 0.1) is 17.3 Å². The van der Waals surface area contributed by atoms with Crippen molar-refractivity contribution in [1.29, 1.82) is 0 Å². The number of rotatable bonds is 4. The Morgan fingerprint density at radius 1 is 1.50 bits per heavy atom. The van der Waals surface area contributed by atoms with Crippen molar-refractivity contribution in [2.45, 2.75) is 19.8 Å². The first-order valence-corrected chi connectivity index (χ1v) is 6.25. The third kappa shape index (κ3) is 1.90. The summed E-state index contributed by atoms with van der Waals surface area (Å²) in [5, 5.41) is 0. The number of ether oxygens (including phenoxy) is 1. The molecule has 0 aliphatic heterocycles. The molecule has 2 N–H and O–H groups in total. The Labute approximate surface area is 99.3 Å². The fourth-order valence-electron chi connectivity index (χ4n) is 1.94. The highest BCUT2D eigenvalue weighted by Crippen LogP contribution is 2.34. The summed E-state index contributed by atoms with van der Waals surface area (Å²) in [5.74, 6) is 0.921. The molecule has 1 aromatic heterocycles. The molecule has 0 bridgehead atoms. The minimum absolute atomic E-state index is 0.706. The Hall–Kier alpha value is -1.13. The lowest BCUT2D eigenvalue weighted by Crippen LogP contribution is -2.03. The van der Waals surface area contributed by atoms with Gasteiger partial charge in [-0.1, -0.05) is 0 Å². The summed E-state index contributed by atoms with van der Waals surface area (Å²) in [6.07, 6.45) is 1.94. The van der Waals surface area contributed by atoms with E-state index in [1.165, 1.54) is 15.8 Å². The third-order valence-corrected chi connectivity index (χ3v) is 3.52. The van der Waals surface area contributed by atoms with E-state index in [-0.39, 0.29) is 0 Å². The maximum atomic E-state index is 5.56. The molecule has 1 aromatic carbocycles. The van der Waals surface area contributed by atoms with Gasteiger partial charge in [-0.05, 0) is 43.5 Å². The molecule has 0 aliphatic rings. The molecule has 16 heavy (non-hydrogen) atoms. The van der Waals surface area contributed by atoms with Gasteiger partial charge in [0, 0.05) is 0 Å². The fraction of sp³-hybridized carbons (Fsp3) is 0.417. The Balaban J connectivity index is 2.55. The minimum atomic E-state index is 0.706. The van der Waals surface area contributed by atoms with Crippen molar-refractivity contribution in [3.63, 3.8) is 0 Å². The molecular weight excluding hydrogens is 220 g/mol. The number of aryl methyl sites for hydroxylation is 1. The average molecular weight is 236 g/mol. The maximum Gasteiger partial charge on any atom is 0.149 e. The van der Waals surface area contributed by atoms with Crippen LogP contribution in [0.1, 0.15) is 17.5 Å². The smallest absolute Gasteiger partial charge is 0.149 e. The molecule has 2 aromatic rings. The van der Waals surface area contributed by atoms with Crippen molar-refractivity contribution >= 4 is 21.6 Å². The molecule has 0 saturated carbocycles. The number of fused-ring (bicyclic) bond motifs is 1. The zero-order chi connectivity index (χ0) is 11.5. The molecule has 0 spiro atoms. The summed E-state index contributed by atoms with van der Waals surface area (Å²) in [6, 6.07) is 2.18. The van der Waals surface area contributed by atoms with E-state index in [2.05, 4.69) is 18.0 Å². The Morgan fingerprint density at radius 2 is 2.31 bits per heavy atom. The normalized spacial score (nSPS) is 10.9. The van der Waals surface area contributed by atoms with Crippen molar-refractivity contribution in [3.05, 3.63) is 22.7 Å². The number of thiazole rings is 1. The molecular formula is C12H16N2OS. The van der Waals surface area contributed by atoms with E-state index in [4.69, 9.17) is 10.5 Å². The van der Waals surface area contributed by atoms with Crippen LogP contribution in [0.15, 0.2) is 11.6 Å². The van der Waals surface area contributed by atoms with Gasteiger partial charge < -0.3 is 10.5 Å². The van der Waals surface area contributed by atoms with Gasteiger partial charge in [-0.25, -0.2) is 4.98 Å². The Kier molecular flexibility index (Phi) is 3.41. The third-order valence-electron chi connectivity index (χ3n) is 2.74. The van der Waals surface area contributed by atoms with Crippen molar-refractivity contribution < 1.29 is 4.74 Å². The van der Waals surface area contributed by atoms with Crippen molar-refractivity contribution in [2.24, 2.45) is 5.73 Å². The SMILES string of the molecule is COc1c(CCCN)c(C)cc2scnc12. The monoisotopic (exact) mass is 236 g/mol. The predicted octanol–water partition coefficient (Wildman–Crippen LogP) is 2.50. The molecule has 0 aliphatic carbocycles. The second-order valence-corrected chi connectivity index (χ2v) is 4.68. The summed E-state index contributed by atoms with van der Waals surface area (Å²) in [6.45, 7) is 2.82. The zero-order valence-electron chi connectivity index (χ0n) is 9.62. The van der Waals surface area contributed by atoms with Crippen LogP contribution < -0.4 is 10.5 Å². The highest BCUT2D eigenvalue weighted by Gasteiger charge is 2.13. The van der Waals surface area contributed by atoms with Gasteiger partial charge in [-0.2, -0.15) is 0 Å². The maximum absolute atomic E-state index is 5.56. The Morgan fingerprint density at radius 3 is 3.00 bits per heavy atom. The lowest BCUT2D eigenvalue weighted by Gasteiger charge is -2.11. The van der Waals surface area contributed by atoms with Gasteiger partial charge >= 0.3 is 0 Å². The van der Waals surface area contributed by atoms with E-state index in [9.17, 15) is 0 Å². The lowest BCUT2D eigenvalue weighted by molar-refractivity contribution is 0.413. The van der Waals surface area contributed by atoms with Crippen molar-refractivity contribution in [1.82, 2.24) is 4.98 Å². The number of hydrogen-bond acceptors (Lipinski definition) is 4. The molecule has 86 valence electrons. The van der Waals surface area contributed by atoms with Crippen LogP contribution in [0.5, 0.6) is 5.75 Å². The van der Waals surface area contributed by atoms with E-state index in [0.717, 1.165) is 24.1 Å². The van der Waals surface area contributed by atoms with E-state index < -0.39 is 0 Å². The van der Waals surface area contributed by atoms with Crippen LogP contribution in [0, 0.1) is 6.92 Å². The van der Waals surface area contributed by atoms with Crippen LogP contribution in [0.4, 0.5) is 0 Å². The van der Waals surface area contributed by atoms with Gasteiger partial charge in [0.25, 0.3) is 0 Å². The number of hydrogen-bond donors (Lipinski definition) is 1. The molecule has 0 saturated heterocycles. The predicted molar refractivity (Wildman–Crippen MR) is 68.3 cm³/mol. The summed E-state index contributed by atoms with van der Waals surface area (Å²) in [5.41, 5.74) is 10.9. The van der Waals surface area contributed by atoms with E-state index >= 15 is 0 Å². The van der Waals surface area contributed by atoms with Gasteiger partial charge in [-0.3, -0.25) is 0 Å². The van der Waals surface area contributed by atoms with Gasteiger partial charge in [-0.15, -0.1) is 11.3 Å². The first-order valence-electron chi connectivity index (χ1n) is 5.37. The molecule has 0 radical (unpaired) electrons. The molecule has 1 heterocycles. The molecule has 0 atom stereocenters. The quantitative estimate of drug-likeness (QED) is 0.887. The van der Waals surface area contributed by atoms with Crippen LogP contribution >= 0.6 is 11.3 Å². The molecule has 3 nitrogen and oxygen atoms in total. The molecule has 0 unspecified atom stereocenters. The van der Waals surface area contributed by atoms with Crippen LogP contribution in [0.3, 0.4) is 0 Å². The van der Waals surface area contributed by atoms with Gasteiger partial charge in [0.15, 0.2) is 0 Å². The lowest BCUT2D eigenvalue weighted by atomic mass is 10.0. The van der Waals surface area contributed by atoms with Crippen LogP contribution in [0.2, 0.25) is 0 Å². The van der Waals surface area contributed by atoms with E-state index in [0.29, 0.717) is 6.54 Å². The van der Waals surface area contributed by atoms with Crippen LogP contribution in [-0.2, 0) is 6.42 Å². The number of benzene rings is 1. The number of nitrogens with zero attached hydrogens (tertiary/aromatic N) is 1. The number of aromatic nitrogens is 1. The largest absolute Gasteiger partial charge is 0.494 e. The average Bonchev–Trinajstić information content (AvgIpc) is 2.73. The highest BCUT2D eigenvalue weighted by molar-refractivity contribution is 7.16. The zero-order valence-corrected chi connectivity index (χ0v) is 10.4. The summed E-state index contributed by atoms with van der Waals surface area (Å²) >= 11 is 1.65. The number of nitrogens with two attached hydrogens (primary N) is 1. The van der Waals surface area contributed by atoms with E-state index in [1.54, 1.807) is 18.4 Å². The molecule has 4 heteroatoms.